The molecule has 0 aliphatic carbocycles. The van der Waals surface area contributed by atoms with E-state index in [1.165, 1.54) is 18.2 Å². The summed E-state index contributed by atoms with van der Waals surface area (Å²) >= 11 is 0. The van der Waals surface area contributed by atoms with Gasteiger partial charge in [0.2, 0.25) is 11.8 Å². The second-order valence-electron chi connectivity index (χ2n) is 3.98. The van der Waals surface area contributed by atoms with Gasteiger partial charge in [-0.15, -0.1) is 0 Å². The molecular weight excluding hydrogens is 246 g/mol. The summed E-state index contributed by atoms with van der Waals surface area (Å²) in [5.41, 5.74) is 5.14. The SMILES string of the molecule is [2HH].[2H]C1C(=O)NC(=O)[C@@]([2H])(N2C(=O)c3cccc(N)c3C2([2H])[2H])C1([2H])[2H]. The minimum absolute atomic E-state index is 0. The van der Waals surface area contributed by atoms with E-state index in [9.17, 15) is 14.4 Å². The molecule has 6 heteroatoms. The van der Waals surface area contributed by atoms with Gasteiger partial charge >= 0.3 is 0 Å². The van der Waals surface area contributed by atoms with Gasteiger partial charge in [0.05, 0.1) is 4.11 Å². The standard InChI is InChI=1S/C13H13N3O3.H2/c14-9-3-1-2-7-8(9)6-16(13(7)19)10-4-5-11(17)15-12(10)18;/h1-3,10H,4-6,14H2,(H,15,17,18);1H/t10-;/m0./s1/i4D2,5D,6D2,10D;1+1/t5?,10-;. The fourth-order valence-corrected chi connectivity index (χ4v) is 1.89. The van der Waals surface area contributed by atoms with Crippen molar-refractivity contribution in [2.75, 3.05) is 5.73 Å². The monoisotopic (exact) mass is 268 g/mol. The third kappa shape index (κ3) is 1.76. The van der Waals surface area contributed by atoms with E-state index in [1.54, 1.807) is 5.32 Å². The average Bonchev–Trinajstić information content (AvgIpc) is 2.72. The van der Waals surface area contributed by atoms with Crippen molar-refractivity contribution in [2.24, 2.45) is 0 Å². The summed E-state index contributed by atoms with van der Waals surface area (Å²) in [7, 11) is 0. The van der Waals surface area contributed by atoms with E-state index in [0.717, 1.165) is 0 Å². The normalized spacial score (nSPS) is 40.1. The maximum Gasteiger partial charge on any atom is 0.255 e. The Kier molecular flexibility index (Phi) is 1.44. The summed E-state index contributed by atoms with van der Waals surface area (Å²) in [5, 5.41) is 1.67. The summed E-state index contributed by atoms with van der Waals surface area (Å²) in [6.07, 6.45) is -5.36. The molecule has 2 aliphatic rings. The Labute approximate surface area is 119 Å². The average molecular weight is 268 g/mol. The van der Waals surface area contributed by atoms with Gasteiger partial charge in [0, 0.05) is 35.2 Å². The molecule has 3 N–H and O–H groups in total. The van der Waals surface area contributed by atoms with Crippen molar-refractivity contribution in [3.8, 4) is 0 Å². The van der Waals surface area contributed by atoms with Crippen LogP contribution in [0.25, 0.3) is 0 Å². The quantitative estimate of drug-likeness (QED) is 0.565. The number of nitrogens with one attached hydrogen (secondary N) is 1. The molecule has 0 radical (unpaired) electrons. The second-order valence-corrected chi connectivity index (χ2v) is 3.98. The first-order valence-corrected chi connectivity index (χ1v) is 5.39. The van der Waals surface area contributed by atoms with Gasteiger partial charge in [-0.1, -0.05) is 6.07 Å². The van der Waals surface area contributed by atoms with Gasteiger partial charge in [0.25, 0.3) is 5.91 Å². The third-order valence-corrected chi connectivity index (χ3v) is 2.77. The van der Waals surface area contributed by atoms with Crippen molar-refractivity contribution < 1.29 is 24.0 Å². The Hall–Kier alpha value is -2.37. The Bertz CT molecular complexity index is 831. The number of carbonyl (C=O) groups is 3. The number of piperidine rings is 1. The van der Waals surface area contributed by atoms with Gasteiger partial charge < -0.3 is 10.6 Å². The van der Waals surface area contributed by atoms with Crippen molar-refractivity contribution >= 4 is 23.4 Å². The van der Waals surface area contributed by atoms with Crippen LogP contribution in [0.1, 0.15) is 38.3 Å². The molecule has 3 amide bonds. The predicted molar refractivity (Wildman–Crippen MR) is 69.0 cm³/mol. The van der Waals surface area contributed by atoms with Crippen LogP contribution >= 0.6 is 0 Å². The van der Waals surface area contributed by atoms with Crippen LogP contribution in [0, 0.1) is 0 Å². The largest absolute Gasteiger partial charge is 0.398 e. The van der Waals surface area contributed by atoms with Crippen molar-refractivity contribution in [3.05, 3.63) is 29.3 Å². The summed E-state index contributed by atoms with van der Waals surface area (Å²) < 4.78 is 48.3. The maximum absolute atomic E-state index is 12.7. The Morgan fingerprint density at radius 2 is 2.26 bits per heavy atom. The van der Waals surface area contributed by atoms with E-state index >= 15 is 0 Å². The molecule has 0 saturated carbocycles. The fraction of sp³-hybridized carbons (Fsp3) is 0.308. The van der Waals surface area contributed by atoms with Crippen LogP contribution in [0.5, 0.6) is 0 Å². The zero-order valence-electron chi connectivity index (χ0n) is 15.6. The number of rotatable bonds is 1. The highest BCUT2D eigenvalue weighted by Gasteiger charge is 2.39. The summed E-state index contributed by atoms with van der Waals surface area (Å²) in [6.45, 7) is -2.79. The smallest absolute Gasteiger partial charge is 0.255 e. The highest BCUT2D eigenvalue weighted by Crippen LogP contribution is 2.30. The number of hydrogen-bond donors (Lipinski definition) is 2. The molecule has 0 spiro atoms. The summed E-state index contributed by atoms with van der Waals surface area (Å²) in [6, 6.07) is 0.777. The predicted octanol–water partition coefficient (Wildman–Crippen LogP) is 0.276. The Balaban J connectivity index is 0.00000243. The molecule has 1 aromatic rings. The molecule has 1 fully saturated rings. The van der Waals surface area contributed by atoms with Crippen LogP contribution in [0.2, 0.25) is 0 Å². The molecule has 0 bridgehead atoms. The van der Waals surface area contributed by atoms with Gasteiger partial charge in [-0.25, -0.2) is 0 Å². The van der Waals surface area contributed by atoms with E-state index in [4.69, 9.17) is 14.0 Å². The maximum atomic E-state index is 12.7. The lowest BCUT2D eigenvalue weighted by molar-refractivity contribution is -0.136. The van der Waals surface area contributed by atoms with Gasteiger partial charge in [0.1, 0.15) is 6.02 Å². The number of nitrogens with two attached hydrogens (primary N) is 1. The van der Waals surface area contributed by atoms with E-state index in [0.29, 0.717) is 0 Å². The van der Waals surface area contributed by atoms with Crippen LogP contribution in [-0.4, -0.2) is 28.6 Å². The van der Waals surface area contributed by atoms with Crippen molar-refractivity contribution in [3.63, 3.8) is 0 Å². The zero-order chi connectivity index (χ0) is 18.9. The molecule has 100 valence electrons. The molecule has 2 atom stereocenters. The Morgan fingerprint density at radius 1 is 1.47 bits per heavy atom. The number of anilines is 1. The number of hydrogen-bond acceptors (Lipinski definition) is 4. The molecule has 3 rings (SSSR count). The van der Waals surface area contributed by atoms with E-state index < -0.39 is 43.0 Å². The summed E-state index contributed by atoms with van der Waals surface area (Å²) in [5.74, 6) is -3.90. The highest BCUT2D eigenvalue weighted by molar-refractivity contribution is 6.06. The zero-order valence-corrected chi connectivity index (χ0v) is 9.56. The first-order chi connectivity index (χ1) is 11.4. The van der Waals surface area contributed by atoms with Gasteiger partial charge in [-0.2, -0.15) is 0 Å². The molecule has 1 saturated heterocycles. The van der Waals surface area contributed by atoms with Crippen LogP contribution in [0.3, 0.4) is 0 Å². The van der Waals surface area contributed by atoms with Crippen molar-refractivity contribution in [1.82, 2.24) is 10.2 Å². The topological polar surface area (TPSA) is 92.5 Å². The van der Waals surface area contributed by atoms with Crippen molar-refractivity contribution in [1.29, 1.82) is 0 Å². The first kappa shape index (κ1) is 6.70. The highest BCUT2D eigenvalue weighted by atomic mass is 16.2. The molecule has 2 aliphatic heterocycles. The Morgan fingerprint density at radius 3 is 3.00 bits per heavy atom. The molecule has 1 unspecified atom stereocenters. The van der Waals surface area contributed by atoms with Crippen LogP contribution in [-0.2, 0) is 16.1 Å². The second kappa shape index (κ2) is 4.08. The van der Waals surface area contributed by atoms with Gasteiger partial charge in [-0.05, 0) is 18.5 Å². The number of amides is 3. The third-order valence-electron chi connectivity index (χ3n) is 2.77. The lowest BCUT2D eigenvalue weighted by Gasteiger charge is -2.29. The molecule has 0 aromatic heterocycles. The van der Waals surface area contributed by atoms with E-state index in [1.807, 2.05) is 0 Å². The van der Waals surface area contributed by atoms with Crippen LogP contribution < -0.4 is 11.1 Å². The fourth-order valence-electron chi connectivity index (χ4n) is 1.89. The number of benzene rings is 1. The first-order valence-electron chi connectivity index (χ1n) is 8.47. The van der Waals surface area contributed by atoms with Crippen molar-refractivity contribution in [2.45, 2.75) is 25.3 Å². The van der Waals surface area contributed by atoms with E-state index in [2.05, 4.69) is 0 Å². The number of nitrogens with zero attached hydrogens (tertiary/aromatic N) is 1. The van der Waals surface area contributed by atoms with Crippen LogP contribution in [0.15, 0.2) is 18.2 Å². The lowest BCUT2D eigenvalue weighted by atomic mass is 10.0. The molecule has 2 heterocycles. The minimum Gasteiger partial charge on any atom is -0.398 e. The number of nitrogen functional groups attached to an aromatic ring is 1. The number of carbonyl (C=O) groups excluding carboxylic acids is 3. The van der Waals surface area contributed by atoms with Crippen LogP contribution in [0.4, 0.5) is 5.69 Å². The minimum atomic E-state index is -3.18. The number of fused-ring (bicyclic) bond motifs is 1. The molecule has 19 heavy (non-hydrogen) atoms. The lowest BCUT2D eigenvalue weighted by Crippen LogP contribution is -2.52. The number of imide groups is 1. The van der Waals surface area contributed by atoms with Gasteiger partial charge in [-0.3, -0.25) is 19.7 Å². The molecular formula is C13H15N3O3. The molecule has 1 aromatic carbocycles. The van der Waals surface area contributed by atoms with Gasteiger partial charge in [0.15, 0.2) is 0 Å². The molecule has 6 nitrogen and oxygen atoms in total. The summed E-state index contributed by atoms with van der Waals surface area (Å²) in [4.78, 5) is 36.7. The van der Waals surface area contributed by atoms with E-state index in [-0.39, 0.29) is 23.1 Å².